The lowest BCUT2D eigenvalue weighted by Gasteiger charge is -2.41. The summed E-state index contributed by atoms with van der Waals surface area (Å²) >= 11 is 0. The second-order valence-corrected chi connectivity index (χ2v) is 14.4. The second kappa shape index (κ2) is 13.6. The number of hydrogen-bond acceptors (Lipinski definition) is 6. The molecule has 0 amide bonds. The van der Waals surface area contributed by atoms with E-state index in [0.29, 0.717) is 66.4 Å². The minimum Gasteiger partial charge on any atom is -0.490 e. The maximum Gasteiger partial charge on any atom is 0.337 e. The monoisotopic (exact) mass is 673 g/mol. The molecule has 49 heavy (non-hydrogen) atoms. The molecule has 0 spiro atoms. The molecule has 2 aromatic heterocycles. The first kappa shape index (κ1) is 34.6. The SMILES string of the molecule is Cc1cc2nc3cn2c(c1[C@H](OC(C)(C)C)C(=O)O)N1CCC(C)(CC1)OCC/C=C/C[C@H](C)Oc1cc(F)cc(F)c1-c1cccc-3c1. The molecule has 1 saturated heterocycles. The predicted octanol–water partition coefficient (Wildman–Crippen LogP) is 8.69. The van der Waals surface area contributed by atoms with Crippen LogP contribution in [0.3, 0.4) is 0 Å². The molecule has 2 atom stereocenters. The van der Waals surface area contributed by atoms with Crippen LogP contribution < -0.4 is 9.64 Å². The Morgan fingerprint density at radius 1 is 1.10 bits per heavy atom. The van der Waals surface area contributed by atoms with E-state index in [1.54, 1.807) is 6.07 Å². The van der Waals surface area contributed by atoms with Gasteiger partial charge in [0, 0.05) is 49.0 Å². The topological polar surface area (TPSA) is 85.5 Å². The molecule has 0 radical (unpaired) electrons. The Hall–Kier alpha value is -4.28. The number of benzene rings is 2. The van der Waals surface area contributed by atoms with Gasteiger partial charge in [-0.3, -0.25) is 4.40 Å². The van der Waals surface area contributed by atoms with Crippen molar-refractivity contribution >= 4 is 17.4 Å². The minimum atomic E-state index is -1.22. The molecule has 3 aliphatic heterocycles. The summed E-state index contributed by atoms with van der Waals surface area (Å²) in [5.74, 6) is -1.68. The van der Waals surface area contributed by atoms with Gasteiger partial charge in [-0.25, -0.2) is 18.6 Å². The molecule has 10 heteroatoms. The van der Waals surface area contributed by atoms with Crippen molar-refractivity contribution in [3.8, 4) is 28.1 Å². The van der Waals surface area contributed by atoms with Crippen molar-refractivity contribution in [3.05, 3.63) is 83.6 Å². The molecule has 8 nitrogen and oxygen atoms in total. The number of hydrogen-bond donors (Lipinski definition) is 1. The van der Waals surface area contributed by atoms with Crippen molar-refractivity contribution < 1.29 is 32.9 Å². The first-order valence-electron chi connectivity index (χ1n) is 16.9. The second-order valence-electron chi connectivity index (χ2n) is 14.4. The lowest BCUT2D eigenvalue weighted by Crippen LogP contribution is -2.45. The number of aryl methyl sites for hydroxylation is 1. The van der Waals surface area contributed by atoms with E-state index in [-0.39, 0.29) is 23.0 Å². The van der Waals surface area contributed by atoms with E-state index < -0.39 is 29.3 Å². The highest BCUT2D eigenvalue weighted by Crippen LogP contribution is 2.41. The van der Waals surface area contributed by atoms with E-state index in [2.05, 4.69) is 11.8 Å². The summed E-state index contributed by atoms with van der Waals surface area (Å²) in [6.07, 6.45) is 7.16. The number of carboxylic acid groups (broad SMARTS) is 1. The third-order valence-corrected chi connectivity index (χ3v) is 9.21. The molecule has 6 bridgehead atoms. The van der Waals surface area contributed by atoms with Gasteiger partial charge in [-0.1, -0.05) is 30.4 Å². The Kier molecular flexibility index (Phi) is 9.57. The van der Waals surface area contributed by atoms with Crippen molar-refractivity contribution in [2.75, 3.05) is 24.6 Å². The number of carbonyl (C=O) groups is 1. The molecule has 3 aliphatic rings. The van der Waals surface area contributed by atoms with E-state index in [4.69, 9.17) is 19.2 Å². The number of nitrogens with zero attached hydrogens (tertiary/aromatic N) is 3. The largest absolute Gasteiger partial charge is 0.490 e. The van der Waals surface area contributed by atoms with Crippen molar-refractivity contribution in [1.82, 2.24) is 9.38 Å². The number of rotatable bonds is 3. The molecule has 1 N–H and O–H groups in total. The Bertz CT molecular complexity index is 1890. The van der Waals surface area contributed by atoms with Crippen LogP contribution in [0.5, 0.6) is 5.75 Å². The number of imidazole rings is 1. The molecule has 0 aliphatic carbocycles. The molecule has 0 saturated carbocycles. The molecule has 4 aromatic rings. The molecule has 2 aromatic carbocycles. The summed E-state index contributed by atoms with van der Waals surface area (Å²) < 4.78 is 50.7. The number of pyridine rings is 1. The van der Waals surface area contributed by atoms with E-state index in [1.807, 2.05) is 81.6 Å². The zero-order valence-corrected chi connectivity index (χ0v) is 29.1. The summed E-state index contributed by atoms with van der Waals surface area (Å²) in [6.45, 7) is 13.3. The minimum absolute atomic E-state index is 0.123. The van der Waals surface area contributed by atoms with E-state index in [9.17, 15) is 14.3 Å². The van der Waals surface area contributed by atoms with Gasteiger partial charge in [0.25, 0.3) is 0 Å². The van der Waals surface area contributed by atoms with Crippen LogP contribution in [0.4, 0.5) is 14.6 Å². The molecule has 7 rings (SSSR count). The fourth-order valence-electron chi connectivity index (χ4n) is 6.75. The summed E-state index contributed by atoms with van der Waals surface area (Å²) in [7, 11) is 0. The number of fused-ring (bicyclic) bond motifs is 8. The predicted molar refractivity (Wildman–Crippen MR) is 186 cm³/mol. The van der Waals surface area contributed by atoms with E-state index in [1.165, 1.54) is 6.07 Å². The number of ether oxygens (including phenoxy) is 3. The first-order valence-corrected chi connectivity index (χ1v) is 16.9. The van der Waals surface area contributed by atoms with Crippen molar-refractivity contribution in [1.29, 1.82) is 0 Å². The van der Waals surface area contributed by atoms with Gasteiger partial charge in [0.1, 0.15) is 28.8 Å². The van der Waals surface area contributed by atoms with Gasteiger partial charge in [0.05, 0.1) is 35.2 Å². The average Bonchev–Trinajstić information content (AvgIpc) is 3.44. The van der Waals surface area contributed by atoms with Crippen molar-refractivity contribution in [3.63, 3.8) is 0 Å². The number of anilines is 1. The fourth-order valence-corrected chi connectivity index (χ4v) is 6.75. The Morgan fingerprint density at radius 3 is 2.55 bits per heavy atom. The maximum absolute atomic E-state index is 15.5. The number of aromatic nitrogens is 2. The van der Waals surface area contributed by atoms with E-state index >= 15 is 4.39 Å². The molecule has 260 valence electrons. The highest BCUT2D eigenvalue weighted by molar-refractivity contribution is 5.80. The maximum atomic E-state index is 15.5. The van der Waals surface area contributed by atoms with Crippen LogP contribution in [0.15, 0.2) is 60.8 Å². The molecular weight excluding hydrogens is 628 g/mol. The number of aliphatic carboxylic acids is 1. The first-order chi connectivity index (χ1) is 23.2. The summed E-state index contributed by atoms with van der Waals surface area (Å²) in [5.41, 5.74) is 2.92. The zero-order valence-electron chi connectivity index (χ0n) is 29.1. The third kappa shape index (κ3) is 7.50. The van der Waals surface area contributed by atoms with Crippen LogP contribution in [0, 0.1) is 18.6 Å². The van der Waals surface area contributed by atoms with E-state index in [0.717, 1.165) is 24.5 Å². The van der Waals surface area contributed by atoms with Gasteiger partial charge in [0.2, 0.25) is 0 Å². The third-order valence-electron chi connectivity index (χ3n) is 9.21. The van der Waals surface area contributed by atoms with Crippen molar-refractivity contribution in [2.24, 2.45) is 0 Å². The van der Waals surface area contributed by atoms with Gasteiger partial charge in [-0.2, -0.15) is 0 Å². The Balaban J connectivity index is 1.54. The smallest absolute Gasteiger partial charge is 0.337 e. The van der Waals surface area contributed by atoms with Gasteiger partial charge >= 0.3 is 5.97 Å². The summed E-state index contributed by atoms with van der Waals surface area (Å²) in [4.78, 5) is 20.0. The van der Waals surface area contributed by atoms with Crippen LogP contribution in [-0.2, 0) is 14.3 Å². The lowest BCUT2D eigenvalue weighted by molar-refractivity contribution is -0.160. The van der Waals surface area contributed by atoms with Gasteiger partial charge < -0.3 is 24.2 Å². The normalized spacial score (nSPS) is 21.6. The molecular formula is C39H45F2N3O5. The molecule has 1 fully saturated rings. The average molecular weight is 674 g/mol. The quantitative estimate of drug-likeness (QED) is 0.218. The van der Waals surface area contributed by atoms with Crippen LogP contribution in [0.1, 0.15) is 77.5 Å². The van der Waals surface area contributed by atoms with Gasteiger partial charge in [-0.05, 0) is 84.1 Å². The number of carboxylic acids is 1. The van der Waals surface area contributed by atoms with Crippen LogP contribution in [0.25, 0.3) is 28.0 Å². The van der Waals surface area contributed by atoms with Crippen LogP contribution in [0.2, 0.25) is 0 Å². The fraction of sp³-hybridized carbons (Fsp3) is 0.436. The van der Waals surface area contributed by atoms with Crippen LogP contribution in [-0.4, -0.2) is 57.5 Å². The standard InChI is InChI=1S/C39H45F2N3O5/c1-24-19-32-42-30-23-44(32)36(33(24)35(37(45)46)49-38(3,4)5)43-16-14-39(6,15-17-43)47-18-9-7-8-11-25(2)48-31-22-28(40)21-29(41)34(31)27-13-10-12-26(30)20-27/h7-8,10,12-13,19-23,25,35H,9,11,14-18H2,1-6H3,(H,45,46)/b8-7+/t25-,35-/m0/s1. The highest BCUT2D eigenvalue weighted by atomic mass is 19.1. The number of piperidine rings is 1. The molecule has 0 unspecified atom stereocenters. The number of halogens is 2. The Labute approximate surface area is 286 Å². The van der Waals surface area contributed by atoms with Gasteiger partial charge in [-0.15, -0.1) is 0 Å². The Morgan fingerprint density at radius 2 is 1.84 bits per heavy atom. The van der Waals surface area contributed by atoms with Crippen LogP contribution >= 0.6 is 0 Å². The summed E-state index contributed by atoms with van der Waals surface area (Å²) in [5, 5.41) is 10.5. The highest BCUT2D eigenvalue weighted by Gasteiger charge is 2.37. The molecule has 5 heterocycles. The zero-order chi connectivity index (χ0) is 35.1. The van der Waals surface area contributed by atoms with Gasteiger partial charge in [0.15, 0.2) is 6.10 Å². The lowest BCUT2D eigenvalue weighted by atomic mass is 9.92. The van der Waals surface area contributed by atoms with Crippen molar-refractivity contribution in [2.45, 2.75) is 90.6 Å². The summed E-state index contributed by atoms with van der Waals surface area (Å²) in [6, 6.07) is 11.2.